The number of hydrogen-bond acceptors (Lipinski definition) is 8. The van der Waals surface area contributed by atoms with Crippen LogP contribution >= 0.6 is 0 Å². The van der Waals surface area contributed by atoms with Crippen molar-refractivity contribution in [2.24, 2.45) is 11.5 Å². The SMILES string of the molecule is COc1ccc2c3c1O[C@@H]1C[C@H](O)C=CC31CCN(c1cc(OCCN)cc(OCCN)c1)C2. The molecule has 3 aliphatic rings. The molecule has 0 saturated carbocycles. The first-order chi connectivity index (χ1) is 16.6. The normalized spacial score (nSPS) is 24.6. The number of nitrogens with two attached hydrogens (primary N) is 2. The van der Waals surface area contributed by atoms with Gasteiger partial charge in [0, 0.05) is 62.0 Å². The average molecular weight is 468 g/mol. The predicted octanol–water partition coefficient (Wildman–Crippen LogP) is 2.10. The summed E-state index contributed by atoms with van der Waals surface area (Å²) < 4.78 is 23.8. The average Bonchev–Trinajstić information content (AvgIpc) is 3.08. The van der Waals surface area contributed by atoms with Crippen molar-refractivity contribution >= 4 is 5.69 Å². The highest BCUT2D eigenvalue weighted by molar-refractivity contribution is 5.64. The van der Waals surface area contributed by atoms with Crippen molar-refractivity contribution in [1.82, 2.24) is 0 Å². The summed E-state index contributed by atoms with van der Waals surface area (Å²) in [4.78, 5) is 2.34. The number of nitrogens with zero attached hydrogens (tertiary/aromatic N) is 1. The van der Waals surface area contributed by atoms with Crippen LogP contribution < -0.4 is 35.3 Å². The van der Waals surface area contributed by atoms with E-state index in [0.29, 0.717) is 39.3 Å². The minimum atomic E-state index is -0.502. The molecule has 0 aromatic heterocycles. The zero-order chi connectivity index (χ0) is 23.7. The minimum absolute atomic E-state index is 0.125. The number of aliphatic hydroxyl groups is 1. The highest BCUT2D eigenvalue weighted by Crippen LogP contribution is 2.56. The summed E-state index contributed by atoms with van der Waals surface area (Å²) in [6.45, 7) is 3.24. The fourth-order valence-electron chi connectivity index (χ4n) is 5.42. The zero-order valence-electron chi connectivity index (χ0n) is 19.5. The van der Waals surface area contributed by atoms with Gasteiger partial charge in [0.05, 0.1) is 18.6 Å². The number of ether oxygens (including phenoxy) is 4. The van der Waals surface area contributed by atoms with Crippen LogP contribution in [0.2, 0.25) is 0 Å². The molecular formula is C26H33N3O5. The molecule has 5 rings (SSSR count). The molecule has 5 N–H and O–H groups in total. The van der Waals surface area contributed by atoms with Gasteiger partial charge in [0.15, 0.2) is 11.5 Å². The Morgan fingerprint density at radius 2 is 1.85 bits per heavy atom. The Morgan fingerprint density at radius 3 is 2.53 bits per heavy atom. The summed E-state index contributed by atoms with van der Waals surface area (Å²) in [5.41, 5.74) is 14.4. The van der Waals surface area contributed by atoms with Gasteiger partial charge in [-0.25, -0.2) is 0 Å². The lowest BCUT2D eigenvalue weighted by atomic mass is 9.69. The molecule has 3 atom stereocenters. The summed E-state index contributed by atoms with van der Waals surface area (Å²) in [7, 11) is 1.67. The van der Waals surface area contributed by atoms with E-state index in [0.717, 1.165) is 41.7 Å². The fraction of sp³-hybridized carbons (Fsp3) is 0.462. The maximum Gasteiger partial charge on any atom is 0.166 e. The van der Waals surface area contributed by atoms with E-state index in [1.54, 1.807) is 7.11 Å². The van der Waals surface area contributed by atoms with Gasteiger partial charge in [0.2, 0.25) is 0 Å². The molecule has 0 radical (unpaired) electrons. The van der Waals surface area contributed by atoms with Gasteiger partial charge in [-0.1, -0.05) is 18.2 Å². The van der Waals surface area contributed by atoms with Crippen molar-refractivity contribution in [1.29, 1.82) is 0 Å². The van der Waals surface area contributed by atoms with Gasteiger partial charge in [0.1, 0.15) is 30.8 Å². The Bertz CT molecular complexity index is 1050. The van der Waals surface area contributed by atoms with E-state index in [-0.39, 0.29) is 11.5 Å². The molecule has 0 saturated heterocycles. The van der Waals surface area contributed by atoms with Crippen molar-refractivity contribution < 1.29 is 24.1 Å². The van der Waals surface area contributed by atoms with Crippen LogP contribution in [-0.4, -0.2) is 57.3 Å². The lowest BCUT2D eigenvalue weighted by Crippen LogP contribution is -2.43. The third-order valence-corrected chi connectivity index (χ3v) is 6.96. The van der Waals surface area contributed by atoms with Crippen LogP contribution in [0.1, 0.15) is 24.0 Å². The molecule has 2 aromatic carbocycles. The van der Waals surface area contributed by atoms with E-state index < -0.39 is 6.10 Å². The second-order valence-corrected chi connectivity index (χ2v) is 9.05. The van der Waals surface area contributed by atoms with Gasteiger partial charge in [-0.2, -0.15) is 0 Å². The Labute approximate surface area is 200 Å². The maximum absolute atomic E-state index is 10.3. The number of anilines is 1. The van der Waals surface area contributed by atoms with E-state index in [9.17, 15) is 5.11 Å². The highest BCUT2D eigenvalue weighted by Gasteiger charge is 2.52. The molecule has 2 heterocycles. The van der Waals surface area contributed by atoms with Crippen LogP contribution in [0.3, 0.4) is 0 Å². The summed E-state index contributed by atoms with van der Waals surface area (Å²) >= 11 is 0. The van der Waals surface area contributed by atoms with E-state index in [4.69, 9.17) is 30.4 Å². The molecule has 0 bridgehead atoms. The van der Waals surface area contributed by atoms with Gasteiger partial charge >= 0.3 is 0 Å². The summed E-state index contributed by atoms with van der Waals surface area (Å²) in [6, 6.07) is 10.0. The standard InChI is InChI=1S/C26H33N3O5/c1-31-22-3-2-17-16-29(18-12-20(32-10-7-27)15-21(13-18)33-11-8-28)9-6-26-5-4-19(30)14-23(26)34-25(22)24(17)26/h2-5,12-13,15,19,23,30H,6-11,14,16,27-28H2,1H3/t19-,23-,26?/m1/s1. The Kier molecular flexibility index (Phi) is 6.29. The largest absolute Gasteiger partial charge is 0.493 e. The van der Waals surface area contributed by atoms with Gasteiger partial charge in [-0.15, -0.1) is 0 Å². The number of rotatable bonds is 8. The molecule has 8 heteroatoms. The summed E-state index contributed by atoms with van der Waals surface area (Å²) in [5.74, 6) is 2.98. The first-order valence-corrected chi connectivity index (χ1v) is 11.9. The third-order valence-electron chi connectivity index (χ3n) is 6.96. The molecular weight excluding hydrogens is 434 g/mol. The van der Waals surface area contributed by atoms with Crippen LogP contribution in [-0.2, 0) is 12.0 Å². The molecule has 2 aliphatic heterocycles. The fourth-order valence-corrected chi connectivity index (χ4v) is 5.42. The van der Waals surface area contributed by atoms with Gasteiger partial charge < -0.3 is 40.4 Å². The van der Waals surface area contributed by atoms with E-state index >= 15 is 0 Å². The Morgan fingerprint density at radius 1 is 1.12 bits per heavy atom. The van der Waals surface area contributed by atoms with Gasteiger partial charge in [0.25, 0.3) is 0 Å². The van der Waals surface area contributed by atoms with E-state index in [1.807, 2.05) is 30.3 Å². The molecule has 182 valence electrons. The second-order valence-electron chi connectivity index (χ2n) is 9.05. The number of aliphatic hydroxyl groups excluding tert-OH is 1. The second kappa shape index (κ2) is 9.37. The smallest absolute Gasteiger partial charge is 0.166 e. The quantitative estimate of drug-likeness (QED) is 0.506. The maximum atomic E-state index is 10.3. The van der Waals surface area contributed by atoms with Crippen LogP contribution in [0.4, 0.5) is 5.69 Å². The lowest BCUT2D eigenvalue weighted by Gasteiger charge is -2.36. The van der Waals surface area contributed by atoms with Crippen molar-refractivity contribution in [3.8, 4) is 23.0 Å². The molecule has 1 spiro atoms. The number of hydrogen-bond donors (Lipinski definition) is 3. The molecule has 8 nitrogen and oxygen atoms in total. The van der Waals surface area contributed by atoms with E-state index in [1.165, 1.54) is 11.1 Å². The molecule has 0 fully saturated rings. The van der Waals surface area contributed by atoms with Gasteiger partial charge in [-0.05, 0) is 18.1 Å². The number of benzene rings is 2. The Balaban J connectivity index is 1.55. The molecule has 1 unspecified atom stereocenters. The van der Waals surface area contributed by atoms with Crippen LogP contribution in [0, 0.1) is 0 Å². The van der Waals surface area contributed by atoms with Crippen molar-refractivity contribution in [2.75, 3.05) is 44.9 Å². The first kappa shape index (κ1) is 22.8. The van der Waals surface area contributed by atoms with E-state index in [2.05, 4.69) is 17.0 Å². The van der Waals surface area contributed by atoms with Crippen LogP contribution in [0.15, 0.2) is 42.5 Å². The predicted molar refractivity (Wildman–Crippen MR) is 130 cm³/mol. The first-order valence-electron chi connectivity index (χ1n) is 11.9. The molecule has 1 aliphatic carbocycles. The van der Waals surface area contributed by atoms with Gasteiger partial charge in [-0.3, -0.25) is 0 Å². The highest BCUT2D eigenvalue weighted by atomic mass is 16.5. The summed E-state index contributed by atoms with van der Waals surface area (Å²) in [5, 5.41) is 10.3. The van der Waals surface area contributed by atoms with Crippen molar-refractivity contribution in [3.05, 3.63) is 53.6 Å². The molecule has 2 aromatic rings. The molecule has 0 amide bonds. The summed E-state index contributed by atoms with van der Waals surface area (Å²) in [6.07, 6.45) is 4.85. The zero-order valence-corrected chi connectivity index (χ0v) is 19.5. The van der Waals surface area contributed by atoms with Crippen molar-refractivity contribution in [3.63, 3.8) is 0 Å². The van der Waals surface area contributed by atoms with Crippen molar-refractivity contribution in [2.45, 2.75) is 37.0 Å². The topological polar surface area (TPSA) is 112 Å². The third kappa shape index (κ3) is 3.96. The lowest BCUT2D eigenvalue weighted by molar-refractivity contribution is 0.0856. The van der Waals surface area contributed by atoms with Crippen LogP contribution in [0.25, 0.3) is 0 Å². The minimum Gasteiger partial charge on any atom is -0.493 e. The molecule has 34 heavy (non-hydrogen) atoms. The number of methoxy groups -OCH3 is 1. The monoisotopic (exact) mass is 467 g/mol. The Hall–Kier alpha value is -2.94. The van der Waals surface area contributed by atoms with Crippen LogP contribution in [0.5, 0.6) is 23.0 Å².